The Labute approximate surface area is 656 Å². The predicted molar refractivity (Wildman–Crippen MR) is 418 cm³/mol. The summed E-state index contributed by atoms with van der Waals surface area (Å²) in [5.74, 6) is -8.51. The number of nitrogens with zero attached hydrogens (tertiary/aromatic N) is 7. The summed E-state index contributed by atoms with van der Waals surface area (Å²) in [7, 11) is 5.24. The number of aromatic hydroxyl groups is 1. The number of Topliss-reactive ketones (excluding diaryl/α,β-unsaturated/α-hetero) is 2. The molecule has 3 unspecified atom stereocenters. The minimum Gasteiger partial charge on any atom is -0.505 e. The number of pyridine rings is 1. The summed E-state index contributed by atoms with van der Waals surface area (Å²) in [5, 5.41) is 31.8. The van der Waals surface area contributed by atoms with E-state index in [-0.39, 0.29) is 110 Å². The predicted octanol–water partition coefficient (Wildman–Crippen LogP) is 6.44. The van der Waals surface area contributed by atoms with Crippen molar-refractivity contribution in [3.8, 4) is 5.75 Å². The van der Waals surface area contributed by atoms with Gasteiger partial charge in [0.05, 0.1) is 12.5 Å². The van der Waals surface area contributed by atoms with Crippen LogP contribution in [-0.2, 0) is 70.3 Å². The largest absolute Gasteiger partial charge is 0.505 e. The first-order chi connectivity index (χ1) is 53.0. The monoisotopic (exact) mass is 1570 g/mol. The van der Waals surface area contributed by atoms with Crippen LogP contribution >= 0.6 is 23.5 Å². The molecule has 28 nitrogen and oxygen atoms in total. The van der Waals surface area contributed by atoms with Gasteiger partial charge in [0.1, 0.15) is 71.5 Å². The summed E-state index contributed by atoms with van der Waals surface area (Å²) < 4.78 is 18.0. The number of ether oxygens (including phenoxy) is 2. The lowest BCUT2D eigenvalue weighted by atomic mass is 9.90. The maximum absolute atomic E-state index is 16.0. The molecule has 111 heavy (non-hydrogen) atoms. The summed E-state index contributed by atoms with van der Waals surface area (Å²) in [6.45, 7) is 12.1. The molecule has 0 aliphatic carbocycles. The van der Waals surface area contributed by atoms with E-state index in [4.69, 9.17) is 13.9 Å². The van der Waals surface area contributed by atoms with Gasteiger partial charge in [-0.25, -0.2) is 19.6 Å². The molecule has 7 heterocycles. The highest BCUT2D eigenvalue weighted by Crippen LogP contribution is 2.35. The number of rotatable bonds is 18. The van der Waals surface area contributed by atoms with Crippen molar-refractivity contribution in [1.82, 2.24) is 50.8 Å². The second-order valence-corrected chi connectivity index (χ2v) is 32.4. The van der Waals surface area contributed by atoms with E-state index in [1.807, 2.05) is 64.0 Å². The first-order valence-electron chi connectivity index (χ1n) is 38.1. The number of anilines is 1. The number of aliphatic hydroxyl groups is 1. The fraction of sp³-hybridized carbons (Fsp3) is 0.531. The number of hydrogen-bond donors (Lipinski definition) is 6. The third-order valence-electron chi connectivity index (χ3n) is 21.0. The van der Waals surface area contributed by atoms with Gasteiger partial charge in [0.2, 0.25) is 41.3 Å². The number of likely N-dealkylation sites (N-methyl/N-ethyl adjacent to an activating group) is 1. The van der Waals surface area contributed by atoms with Crippen molar-refractivity contribution in [1.29, 1.82) is 0 Å². The summed E-state index contributed by atoms with van der Waals surface area (Å²) in [6.07, 6.45) is 10.2. The zero-order valence-electron chi connectivity index (χ0n) is 64.8. The Morgan fingerprint density at radius 3 is 2.26 bits per heavy atom. The number of piperidine rings is 1. The Bertz CT molecular complexity index is 4110. The number of cyclic esters (lactones) is 2. The molecule has 4 fully saturated rings. The molecule has 2 aromatic heterocycles. The topological polar surface area (TPSA) is 367 Å². The van der Waals surface area contributed by atoms with Gasteiger partial charge in [-0.1, -0.05) is 113 Å². The summed E-state index contributed by atoms with van der Waals surface area (Å²) in [4.78, 5) is 191. The van der Waals surface area contributed by atoms with Crippen LogP contribution in [0.15, 0.2) is 120 Å². The number of carbonyl (C=O) groups is 12. The molecular formula is C81H105N11O17S2. The molecule has 5 aliphatic heterocycles. The van der Waals surface area contributed by atoms with Crippen LogP contribution in [0.5, 0.6) is 5.75 Å². The minimum absolute atomic E-state index is 0.0135. The lowest BCUT2D eigenvalue weighted by Crippen LogP contribution is -2.65. The number of oxazole rings is 1. The molecule has 0 spiro atoms. The number of aromatic nitrogens is 2. The van der Waals surface area contributed by atoms with Gasteiger partial charge in [-0.15, -0.1) is 0 Å². The molecule has 4 aromatic rings. The Morgan fingerprint density at radius 1 is 0.829 bits per heavy atom. The molecule has 13 atom stereocenters. The minimum atomic E-state index is -1.77. The summed E-state index contributed by atoms with van der Waals surface area (Å²) >= 11 is 3.08. The first kappa shape index (κ1) is 85.3. The Morgan fingerprint density at radius 2 is 1.56 bits per heavy atom. The number of aliphatic hydroxyl groups excluding tert-OH is 1. The molecular weight excluding hydrogens is 1460 g/mol. The third kappa shape index (κ3) is 22.1. The van der Waals surface area contributed by atoms with Crippen molar-refractivity contribution in [3.05, 3.63) is 144 Å². The van der Waals surface area contributed by atoms with E-state index < -0.39 is 143 Å². The summed E-state index contributed by atoms with van der Waals surface area (Å²) in [6, 6.07) is 9.63. The molecule has 2 bridgehead atoms. The smallest absolute Gasteiger partial charge is 0.333 e. The number of nitrogens with one attached hydrogen (secondary N) is 4. The molecule has 4 saturated heterocycles. The highest BCUT2D eigenvalue weighted by Gasteiger charge is 2.51. The van der Waals surface area contributed by atoms with E-state index >= 15 is 19.2 Å². The normalized spacial score (nSPS) is 27.9. The number of ketones is 2. The van der Waals surface area contributed by atoms with Crippen molar-refractivity contribution >= 4 is 100.0 Å². The number of hydrogen-bond acceptors (Lipinski definition) is 22. The molecule has 598 valence electrons. The highest BCUT2D eigenvalue weighted by atomic mass is 32.2. The second kappa shape index (κ2) is 39.5. The van der Waals surface area contributed by atoms with Crippen molar-refractivity contribution < 1.29 is 81.6 Å². The summed E-state index contributed by atoms with van der Waals surface area (Å²) in [5.41, 5.74) is 0.120. The zero-order valence-corrected chi connectivity index (χ0v) is 66.4. The van der Waals surface area contributed by atoms with Crippen LogP contribution in [0.1, 0.15) is 157 Å². The average molecular weight is 1570 g/mol. The molecule has 0 radical (unpaired) electrons. The second-order valence-electron chi connectivity index (χ2n) is 29.9. The number of thioether (sulfide) groups is 2. The number of amides is 8. The van der Waals surface area contributed by atoms with Gasteiger partial charge in [-0.2, -0.15) is 23.5 Å². The SMILES string of the molecule is CC[C@@]1(C)NC(=O)[C@@H](NC(=O)c2ncccc2O)[C@@H](C)OC(=O)[C@H](c2ccccc2)NC(=O)[C@@H]2CC(=O)C(CSCCCCCCSC3CCN4C(=O)c5coc(n5)CC(=O)C[C@H](O)/C=C(C)/C=C/CNC(=O)/C=C/[C@@H](C)[C@@H](C(C)C)OC(=O)C34)CN2C(=O)[C@H](Cc2ccc(N(C)C)cc2)N(C)C(=O)[C@@H]2CCCN2C1=O. The van der Waals surface area contributed by atoms with Crippen LogP contribution in [0.2, 0.25) is 0 Å². The van der Waals surface area contributed by atoms with Gasteiger partial charge < -0.3 is 69.9 Å². The van der Waals surface area contributed by atoms with E-state index in [1.54, 1.807) is 74.2 Å². The Kier molecular flexibility index (Phi) is 30.3. The molecule has 5 aliphatic rings. The lowest BCUT2D eigenvalue weighted by molar-refractivity contribution is -0.158. The molecule has 0 saturated carbocycles. The van der Waals surface area contributed by atoms with E-state index in [9.17, 15) is 48.6 Å². The fourth-order valence-corrected chi connectivity index (χ4v) is 17.1. The quantitative estimate of drug-likeness (QED) is 0.0461. The van der Waals surface area contributed by atoms with E-state index in [2.05, 4.69) is 31.2 Å². The molecule has 2 aromatic carbocycles. The van der Waals surface area contributed by atoms with Crippen molar-refractivity contribution in [2.24, 2.45) is 17.8 Å². The lowest BCUT2D eigenvalue weighted by Gasteiger charge is -2.42. The Balaban J connectivity index is 0.919. The van der Waals surface area contributed by atoms with Gasteiger partial charge >= 0.3 is 11.9 Å². The molecule has 8 amide bonds. The van der Waals surface area contributed by atoms with Crippen LogP contribution in [0.3, 0.4) is 0 Å². The number of esters is 2. The fourth-order valence-electron chi connectivity index (χ4n) is 14.5. The van der Waals surface area contributed by atoms with Gasteiger partial charge in [0.25, 0.3) is 11.8 Å². The number of carbonyl (C=O) groups excluding carboxylic acids is 12. The van der Waals surface area contributed by atoms with Gasteiger partial charge in [-0.05, 0) is 118 Å². The van der Waals surface area contributed by atoms with E-state index in [1.165, 1.54) is 89.0 Å². The molecule has 6 N–H and O–H groups in total. The van der Waals surface area contributed by atoms with Crippen LogP contribution in [0.4, 0.5) is 5.69 Å². The van der Waals surface area contributed by atoms with Crippen molar-refractivity contribution in [2.75, 3.05) is 69.5 Å². The van der Waals surface area contributed by atoms with Crippen LogP contribution in [0.25, 0.3) is 0 Å². The van der Waals surface area contributed by atoms with Crippen LogP contribution in [0, 0.1) is 17.8 Å². The first-order valence-corrected chi connectivity index (χ1v) is 40.3. The van der Waals surface area contributed by atoms with Gasteiger partial charge in [0.15, 0.2) is 17.4 Å². The Hall–Kier alpha value is -9.68. The number of benzene rings is 2. The van der Waals surface area contributed by atoms with Crippen molar-refractivity contribution in [2.45, 2.75) is 191 Å². The number of fused-ring (bicyclic) bond motifs is 5. The molecule has 9 rings (SSSR count). The van der Waals surface area contributed by atoms with Gasteiger partial charge in [0, 0.05) is 101 Å². The number of allylic oxidation sites excluding steroid dienone is 2. The zero-order chi connectivity index (χ0) is 80.4. The third-order valence-corrected chi connectivity index (χ3v) is 23.7. The number of unbranched alkanes of at least 4 members (excludes halogenated alkanes) is 3. The van der Waals surface area contributed by atoms with Crippen molar-refractivity contribution in [3.63, 3.8) is 0 Å². The van der Waals surface area contributed by atoms with E-state index in [0.29, 0.717) is 35.5 Å². The van der Waals surface area contributed by atoms with E-state index in [0.717, 1.165) is 31.4 Å². The van der Waals surface area contributed by atoms with Crippen LogP contribution in [-0.4, -0.2) is 234 Å². The highest BCUT2D eigenvalue weighted by molar-refractivity contribution is 8.00. The maximum Gasteiger partial charge on any atom is 0.333 e. The average Bonchev–Trinajstić information content (AvgIpc) is 1.77. The van der Waals surface area contributed by atoms with Gasteiger partial charge in [-0.3, -0.25) is 47.9 Å². The molecule has 30 heteroatoms. The maximum atomic E-state index is 16.0. The van der Waals surface area contributed by atoms with Crippen LogP contribution < -0.4 is 26.2 Å². The standard InChI is InChI=1S/C81H105N11O17S2/c1-11-81(7)80(106)90-36-21-25-59(90)76(102)89(10)61(41-52-28-30-55(31-29-52)88(8)9)77(103)92-45-54(63(96)44-60(92)72(98)86-68(53-23-15-14-16-24-53)78(104)108-51(6)67(74(100)87-81)85-73(99)69-62(95)26-20-35-83-69)47-110-38-17-12-13-18-39-111-64-33-37-91-70(64)79(105)109-71(48(2)3)50(5)27-32-65(97)82-34-19-22-49(4)40-56(93)42-57(94)43-66-84-58(46-107-66)75(91)101/h14-16,19-20,22-24,26-32,35,40,46,48,50-51,54,56,59-61,64,67-68,70-71,93,95H,11-13,17-18,21,25,33-34,36-39,41-45,47H2,1-10H3,(H,82,97)(H,85,99)(H,86,98)(H,87,100)/b22-19+,32-27+,49-40+/t50-,51-,54?,56-,59+,60+,61+,64?,67+,68+,70?,71-,81-/m1/s1.